The summed E-state index contributed by atoms with van der Waals surface area (Å²) < 4.78 is 5.43. The Morgan fingerprint density at radius 2 is 2.00 bits per heavy atom. The number of fused-ring (bicyclic) bond motifs is 1. The first-order valence-corrected chi connectivity index (χ1v) is 9.63. The maximum Gasteiger partial charge on any atom is 0.320 e. The molecule has 1 aliphatic rings. The highest BCUT2D eigenvalue weighted by atomic mass is 16.5. The molecule has 0 aliphatic carbocycles. The van der Waals surface area contributed by atoms with Gasteiger partial charge >= 0.3 is 5.97 Å². The Labute approximate surface area is 164 Å². The lowest BCUT2D eigenvalue weighted by Gasteiger charge is -2.39. The predicted octanol–water partition coefficient (Wildman–Crippen LogP) is 4.27. The van der Waals surface area contributed by atoms with E-state index in [2.05, 4.69) is 34.1 Å². The molecule has 2 unspecified atom stereocenters. The summed E-state index contributed by atoms with van der Waals surface area (Å²) in [6, 6.07) is 15.6. The van der Waals surface area contributed by atoms with Crippen LogP contribution in [0, 0.1) is 0 Å². The van der Waals surface area contributed by atoms with E-state index in [1.54, 1.807) is 13.3 Å². The molecule has 0 radical (unpaired) electrons. The predicted molar refractivity (Wildman–Crippen MR) is 109 cm³/mol. The number of carboxylic acid groups (broad SMARTS) is 1. The Balaban J connectivity index is 1.85. The van der Waals surface area contributed by atoms with Crippen LogP contribution in [0.25, 0.3) is 10.8 Å². The molecule has 0 saturated carbocycles. The van der Waals surface area contributed by atoms with Crippen molar-refractivity contribution in [2.45, 2.75) is 31.3 Å². The molecule has 4 rings (SSSR count). The lowest BCUT2D eigenvalue weighted by molar-refractivity contribution is -0.145. The van der Waals surface area contributed by atoms with Gasteiger partial charge in [0.05, 0.1) is 13.2 Å². The molecule has 28 heavy (non-hydrogen) atoms. The molecule has 0 amide bonds. The van der Waals surface area contributed by atoms with Gasteiger partial charge in [-0.05, 0) is 60.2 Å². The summed E-state index contributed by atoms with van der Waals surface area (Å²) in [6.45, 7) is 0.757. The van der Waals surface area contributed by atoms with E-state index in [-0.39, 0.29) is 6.04 Å². The molecular weight excluding hydrogens is 352 g/mol. The second-order valence-electron chi connectivity index (χ2n) is 7.25. The Morgan fingerprint density at radius 3 is 2.82 bits per heavy atom. The Hall–Kier alpha value is -2.92. The number of rotatable bonds is 5. The largest absolute Gasteiger partial charge is 0.497 e. The third-order valence-corrected chi connectivity index (χ3v) is 5.55. The van der Waals surface area contributed by atoms with Gasteiger partial charge in [0.1, 0.15) is 11.8 Å². The van der Waals surface area contributed by atoms with Gasteiger partial charge in [0, 0.05) is 17.8 Å². The number of carbonyl (C=O) groups is 1. The number of aromatic nitrogens is 1. The van der Waals surface area contributed by atoms with E-state index in [4.69, 9.17) is 4.74 Å². The van der Waals surface area contributed by atoms with E-state index in [1.807, 2.05) is 30.5 Å². The maximum absolute atomic E-state index is 12.0. The van der Waals surface area contributed by atoms with E-state index >= 15 is 0 Å². The SMILES string of the molecule is COc1cccc(C(c2ccc3cnccc3c2)N2CCCCC2C(=O)O)c1. The third-order valence-electron chi connectivity index (χ3n) is 5.55. The zero-order chi connectivity index (χ0) is 19.5. The average molecular weight is 376 g/mol. The van der Waals surface area contributed by atoms with Crippen LogP contribution >= 0.6 is 0 Å². The van der Waals surface area contributed by atoms with Crippen molar-refractivity contribution in [1.29, 1.82) is 0 Å². The van der Waals surface area contributed by atoms with E-state index < -0.39 is 12.0 Å². The van der Waals surface area contributed by atoms with Crippen molar-refractivity contribution in [1.82, 2.24) is 9.88 Å². The zero-order valence-electron chi connectivity index (χ0n) is 15.9. The average Bonchev–Trinajstić information content (AvgIpc) is 2.74. The summed E-state index contributed by atoms with van der Waals surface area (Å²) in [7, 11) is 1.65. The van der Waals surface area contributed by atoms with Gasteiger partial charge in [-0.1, -0.05) is 30.7 Å². The third kappa shape index (κ3) is 3.58. The second kappa shape index (κ2) is 7.98. The standard InChI is InChI=1S/C23H24N2O3/c1-28-20-6-4-5-17(14-20)22(25-12-3-2-7-21(25)23(26)27)18-8-9-19-15-24-11-10-16(19)13-18/h4-6,8-11,13-15,21-22H,2-3,7,12H2,1H3,(H,26,27). The number of benzene rings is 2. The number of hydrogen-bond acceptors (Lipinski definition) is 4. The fourth-order valence-electron chi connectivity index (χ4n) is 4.19. The van der Waals surface area contributed by atoms with Crippen molar-refractivity contribution in [3.63, 3.8) is 0 Å². The monoisotopic (exact) mass is 376 g/mol. The number of methoxy groups -OCH3 is 1. The minimum absolute atomic E-state index is 0.144. The molecule has 2 heterocycles. The van der Waals surface area contributed by atoms with Gasteiger partial charge in [-0.2, -0.15) is 0 Å². The zero-order valence-corrected chi connectivity index (χ0v) is 15.9. The van der Waals surface area contributed by atoms with E-state index in [0.717, 1.165) is 47.0 Å². The number of aliphatic carboxylic acids is 1. The van der Waals surface area contributed by atoms with Crippen LogP contribution < -0.4 is 4.74 Å². The van der Waals surface area contributed by atoms with Crippen LogP contribution in [0.4, 0.5) is 0 Å². The maximum atomic E-state index is 12.0. The summed E-state index contributed by atoms with van der Waals surface area (Å²) >= 11 is 0. The Morgan fingerprint density at radius 1 is 1.14 bits per heavy atom. The molecular formula is C23H24N2O3. The van der Waals surface area contributed by atoms with Gasteiger partial charge in [-0.3, -0.25) is 14.7 Å². The number of likely N-dealkylation sites (tertiary alicyclic amines) is 1. The van der Waals surface area contributed by atoms with Crippen molar-refractivity contribution < 1.29 is 14.6 Å². The molecule has 1 aliphatic heterocycles. The molecule has 2 aromatic carbocycles. The number of pyridine rings is 1. The Kier molecular flexibility index (Phi) is 5.26. The van der Waals surface area contributed by atoms with Crippen LogP contribution in [-0.4, -0.2) is 40.7 Å². The molecule has 1 fully saturated rings. The van der Waals surface area contributed by atoms with Crippen molar-refractivity contribution in [3.05, 3.63) is 72.1 Å². The summed E-state index contributed by atoms with van der Waals surface area (Å²) in [5.41, 5.74) is 2.13. The van der Waals surface area contributed by atoms with Gasteiger partial charge in [-0.15, -0.1) is 0 Å². The normalized spacial score (nSPS) is 18.7. The van der Waals surface area contributed by atoms with E-state index in [0.29, 0.717) is 6.42 Å². The second-order valence-corrected chi connectivity index (χ2v) is 7.25. The highest BCUT2D eigenvalue weighted by molar-refractivity contribution is 5.82. The molecule has 3 aromatic rings. The molecule has 0 bridgehead atoms. The van der Waals surface area contributed by atoms with Gasteiger partial charge in [0.2, 0.25) is 0 Å². The van der Waals surface area contributed by atoms with Crippen LogP contribution in [0.3, 0.4) is 0 Å². The number of piperidine rings is 1. The first kappa shape index (κ1) is 18.4. The molecule has 5 heteroatoms. The van der Waals surface area contributed by atoms with E-state index in [1.165, 1.54) is 0 Å². The Bertz CT molecular complexity index is 988. The quantitative estimate of drug-likeness (QED) is 0.720. The fourth-order valence-corrected chi connectivity index (χ4v) is 4.19. The van der Waals surface area contributed by atoms with Gasteiger partial charge in [0.15, 0.2) is 0 Å². The lowest BCUT2D eigenvalue weighted by Crippen LogP contribution is -2.46. The number of ether oxygens (including phenoxy) is 1. The molecule has 144 valence electrons. The van der Waals surface area contributed by atoms with Crippen molar-refractivity contribution in [3.8, 4) is 5.75 Å². The molecule has 0 spiro atoms. The number of hydrogen-bond donors (Lipinski definition) is 1. The van der Waals surface area contributed by atoms with Gasteiger partial charge in [-0.25, -0.2) is 0 Å². The highest BCUT2D eigenvalue weighted by Gasteiger charge is 2.35. The first-order valence-electron chi connectivity index (χ1n) is 9.63. The van der Waals surface area contributed by atoms with E-state index in [9.17, 15) is 9.90 Å². The van der Waals surface area contributed by atoms with Crippen LogP contribution in [0.5, 0.6) is 5.75 Å². The molecule has 1 N–H and O–H groups in total. The smallest absolute Gasteiger partial charge is 0.320 e. The number of nitrogens with zero attached hydrogens (tertiary/aromatic N) is 2. The summed E-state index contributed by atoms with van der Waals surface area (Å²) in [4.78, 5) is 18.3. The van der Waals surface area contributed by atoms with Gasteiger partial charge in [0.25, 0.3) is 0 Å². The molecule has 1 saturated heterocycles. The van der Waals surface area contributed by atoms with Crippen LogP contribution in [0.15, 0.2) is 60.9 Å². The minimum atomic E-state index is -0.752. The molecule has 1 aromatic heterocycles. The van der Waals surface area contributed by atoms with Crippen LogP contribution in [0.1, 0.15) is 36.4 Å². The highest BCUT2D eigenvalue weighted by Crippen LogP contribution is 2.36. The summed E-state index contributed by atoms with van der Waals surface area (Å²) in [5.74, 6) is 0.0222. The van der Waals surface area contributed by atoms with Crippen molar-refractivity contribution in [2.24, 2.45) is 0 Å². The minimum Gasteiger partial charge on any atom is -0.497 e. The molecule has 2 atom stereocenters. The first-order chi connectivity index (χ1) is 13.7. The summed E-state index contributed by atoms with van der Waals surface area (Å²) in [6.07, 6.45) is 6.25. The van der Waals surface area contributed by atoms with Crippen LogP contribution in [-0.2, 0) is 4.79 Å². The molecule has 5 nitrogen and oxygen atoms in total. The topological polar surface area (TPSA) is 62.7 Å². The fraction of sp³-hybridized carbons (Fsp3) is 0.304. The lowest BCUT2D eigenvalue weighted by atomic mass is 9.90. The number of carboxylic acids is 1. The van der Waals surface area contributed by atoms with Gasteiger partial charge < -0.3 is 9.84 Å². The summed E-state index contributed by atoms with van der Waals surface area (Å²) in [5, 5.41) is 12.0. The van der Waals surface area contributed by atoms with Crippen molar-refractivity contribution in [2.75, 3.05) is 13.7 Å². The van der Waals surface area contributed by atoms with Crippen LogP contribution in [0.2, 0.25) is 0 Å². The van der Waals surface area contributed by atoms with Crippen molar-refractivity contribution >= 4 is 16.7 Å².